The van der Waals surface area contributed by atoms with Crippen molar-refractivity contribution in [1.29, 1.82) is 0 Å². The third-order valence-corrected chi connectivity index (χ3v) is 6.91. The van der Waals surface area contributed by atoms with E-state index in [1.54, 1.807) is 0 Å². The Labute approximate surface area is 159 Å². The molecule has 2 heterocycles. The fourth-order valence-electron chi connectivity index (χ4n) is 2.89. The van der Waals surface area contributed by atoms with Gasteiger partial charge >= 0.3 is 6.18 Å². The van der Waals surface area contributed by atoms with Crippen molar-refractivity contribution in [2.75, 3.05) is 23.5 Å². The fourth-order valence-corrected chi connectivity index (χ4v) is 5.36. The van der Waals surface area contributed by atoms with E-state index in [9.17, 15) is 26.0 Å². The first-order valence-corrected chi connectivity index (χ1v) is 10.3. The minimum atomic E-state index is -4.81. The molecule has 1 aromatic carbocycles. The molecule has 3 rings (SSSR count). The standard InChI is InChI=1S/C14H11BrClF4N3O2S/c1-23(6-2-3-26(24,25)5-6)12-7-4-8(14(18,19)20)9(15)10(17)11(7)21-13(16)22-12/h4,6H,2-3,5H2,1H3. The molecular weight excluding hydrogens is 466 g/mol. The molecular formula is C14H11BrClF4N3O2S. The summed E-state index contributed by atoms with van der Waals surface area (Å²) in [5, 5.41) is -0.556. The highest BCUT2D eigenvalue weighted by atomic mass is 79.9. The van der Waals surface area contributed by atoms with Gasteiger partial charge in [0, 0.05) is 18.5 Å². The van der Waals surface area contributed by atoms with Crippen LogP contribution in [0.1, 0.15) is 12.0 Å². The van der Waals surface area contributed by atoms with Crippen molar-refractivity contribution in [1.82, 2.24) is 9.97 Å². The van der Waals surface area contributed by atoms with Crippen molar-refractivity contribution in [3.05, 3.63) is 27.2 Å². The van der Waals surface area contributed by atoms with Crippen LogP contribution in [0.15, 0.2) is 10.5 Å². The molecule has 0 bridgehead atoms. The lowest BCUT2D eigenvalue weighted by atomic mass is 10.1. The van der Waals surface area contributed by atoms with Gasteiger partial charge in [0.1, 0.15) is 11.3 Å². The number of hydrogen-bond donors (Lipinski definition) is 0. The van der Waals surface area contributed by atoms with Gasteiger partial charge in [-0.25, -0.2) is 17.8 Å². The molecule has 1 aromatic heterocycles. The maximum absolute atomic E-state index is 14.5. The molecule has 1 saturated heterocycles. The van der Waals surface area contributed by atoms with Gasteiger partial charge in [-0.15, -0.1) is 0 Å². The number of sulfone groups is 1. The smallest absolute Gasteiger partial charge is 0.355 e. The maximum Gasteiger partial charge on any atom is 0.417 e. The molecule has 0 spiro atoms. The van der Waals surface area contributed by atoms with E-state index < -0.39 is 37.9 Å². The Balaban J connectivity index is 2.24. The van der Waals surface area contributed by atoms with Gasteiger partial charge in [0.15, 0.2) is 15.7 Å². The molecule has 0 saturated carbocycles. The highest BCUT2D eigenvalue weighted by molar-refractivity contribution is 9.10. The van der Waals surface area contributed by atoms with Crippen molar-refractivity contribution in [2.24, 2.45) is 0 Å². The summed E-state index contributed by atoms with van der Waals surface area (Å²) in [6, 6.07) is 0.226. The molecule has 142 valence electrons. The number of aromatic nitrogens is 2. The predicted molar refractivity (Wildman–Crippen MR) is 92.7 cm³/mol. The molecule has 1 fully saturated rings. The van der Waals surface area contributed by atoms with Crippen LogP contribution in [0.4, 0.5) is 23.4 Å². The number of alkyl halides is 3. The summed E-state index contributed by atoms with van der Waals surface area (Å²) in [7, 11) is -1.75. The Bertz CT molecular complexity index is 1000. The van der Waals surface area contributed by atoms with Crippen LogP contribution in [-0.4, -0.2) is 43.0 Å². The Hall–Kier alpha value is -1.20. The third-order valence-electron chi connectivity index (χ3n) is 4.22. The number of halogens is 6. The van der Waals surface area contributed by atoms with Gasteiger partial charge < -0.3 is 4.90 Å². The number of hydrogen-bond acceptors (Lipinski definition) is 5. The Morgan fingerprint density at radius 2 is 2.00 bits per heavy atom. The summed E-state index contributed by atoms with van der Waals surface area (Å²) >= 11 is 8.43. The molecule has 0 radical (unpaired) electrons. The van der Waals surface area contributed by atoms with E-state index >= 15 is 0 Å². The van der Waals surface area contributed by atoms with E-state index in [0.29, 0.717) is 0 Å². The highest BCUT2D eigenvalue weighted by Crippen LogP contribution is 2.41. The van der Waals surface area contributed by atoms with Gasteiger partial charge in [0.25, 0.3) is 0 Å². The summed E-state index contributed by atoms with van der Waals surface area (Å²) < 4.78 is 76.8. The molecule has 2 aromatic rings. The van der Waals surface area contributed by atoms with Crippen molar-refractivity contribution < 1.29 is 26.0 Å². The molecule has 1 atom stereocenters. The average Bonchev–Trinajstić information content (AvgIpc) is 2.88. The zero-order valence-corrected chi connectivity index (χ0v) is 16.3. The molecule has 0 aliphatic carbocycles. The van der Waals surface area contributed by atoms with E-state index in [0.717, 1.165) is 6.07 Å². The van der Waals surface area contributed by atoms with Crippen molar-refractivity contribution in [3.63, 3.8) is 0 Å². The second-order valence-electron chi connectivity index (χ2n) is 5.93. The van der Waals surface area contributed by atoms with Gasteiger partial charge in [-0.3, -0.25) is 0 Å². The Morgan fingerprint density at radius 3 is 2.54 bits per heavy atom. The van der Waals surface area contributed by atoms with Crippen molar-refractivity contribution in [3.8, 4) is 0 Å². The van der Waals surface area contributed by atoms with E-state index in [2.05, 4.69) is 25.9 Å². The van der Waals surface area contributed by atoms with Crippen LogP contribution in [0.5, 0.6) is 0 Å². The largest absolute Gasteiger partial charge is 0.417 e. The summed E-state index contributed by atoms with van der Waals surface area (Å²) in [6.07, 6.45) is -4.52. The molecule has 1 aliphatic rings. The number of benzene rings is 1. The van der Waals surface area contributed by atoms with E-state index in [4.69, 9.17) is 11.6 Å². The summed E-state index contributed by atoms with van der Waals surface area (Å²) in [5.41, 5.74) is -1.60. The lowest BCUT2D eigenvalue weighted by molar-refractivity contribution is -0.138. The molecule has 26 heavy (non-hydrogen) atoms. The number of nitrogens with zero attached hydrogens (tertiary/aromatic N) is 3. The zero-order valence-electron chi connectivity index (χ0n) is 13.1. The van der Waals surface area contributed by atoms with Gasteiger partial charge in [0.2, 0.25) is 5.28 Å². The van der Waals surface area contributed by atoms with Gasteiger partial charge in [-0.1, -0.05) is 0 Å². The van der Waals surface area contributed by atoms with E-state index in [1.165, 1.54) is 11.9 Å². The van der Waals surface area contributed by atoms with Gasteiger partial charge in [-0.05, 0) is 40.0 Å². The first-order valence-electron chi connectivity index (χ1n) is 7.26. The quantitative estimate of drug-likeness (QED) is 0.487. The lowest BCUT2D eigenvalue weighted by Gasteiger charge is -2.26. The van der Waals surface area contributed by atoms with Crippen molar-refractivity contribution >= 4 is 54.1 Å². The Kier molecular flexibility index (Phi) is 4.85. The summed E-state index contributed by atoms with van der Waals surface area (Å²) in [4.78, 5) is 9.03. The van der Waals surface area contributed by atoms with Gasteiger partial charge in [0.05, 0.1) is 21.5 Å². The van der Waals surface area contributed by atoms with Crippen LogP contribution >= 0.6 is 27.5 Å². The number of fused-ring (bicyclic) bond motifs is 1. The number of anilines is 1. The second-order valence-corrected chi connectivity index (χ2v) is 9.29. The average molecular weight is 477 g/mol. The van der Waals surface area contributed by atoms with Crippen LogP contribution in [0, 0.1) is 5.82 Å². The molecule has 5 nitrogen and oxygen atoms in total. The van der Waals surface area contributed by atoms with Crippen LogP contribution in [0.2, 0.25) is 5.28 Å². The second kappa shape index (κ2) is 6.45. The molecule has 1 aliphatic heterocycles. The van der Waals surface area contributed by atoms with E-state index in [1.807, 2.05) is 0 Å². The summed E-state index contributed by atoms with van der Waals surface area (Å²) in [5.74, 6) is -1.48. The molecule has 12 heteroatoms. The van der Waals surface area contributed by atoms with Crippen LogP contribution in [0.3, 0.4) is 0 Å². The lowest BCUT2D eigenvalue weighted by Crippen LogP contribution is -2.33. The Morgan fingerprint density at radius 1 is 1.35 bits per heavy atom. The topological polar surface area (TPSA) is 63.2 Å². The van der Waals surface area contributed by atoms with Crippen molar-refractivity contribution in [2.45, 2.75) is 18.6 Å². The minimum Gasteiger partial charge on any atom is -0.355 e. The van der Waals surface area contributed by atoms with E-state index in [-0.39, 0.29) is 39.9 Å². The fraction of sp³-hybridized carbons (Fsp3) is 0.429. The molecule has 1 unspecified atom stereocenters. The summed E-state index contributed by atoms with van der Waals surface area (Å²) in [6.45, 7) is 0. The maximum atomic E-state index is 14.5. The first kappa shape index (κ1) is 19.6. The third kappa shape index (κ3) is 3.48. The highest BCUT2D eigenvalue weighted by Gasteiger charge is 2.37. The zero-order chi connectivity index (χ0) is 19.4. The van der Waals surface area contributed by atoms with Gasteiger partial charge in [-0.2, -0.15) is 18.2 Å². The SMILES string of the molecule is CN(c1nc(Cl)nc2c(F)c(Br)c(C(F)(F)F)cc12)C1CCS(=O)(=O)C1. The van der Waals surface area contributed by atoms with Crippen LogP contribution < -0.4 is 4.90 Å². The molecule has 0 amide bonds. The number of rotatable bonds is 2. The van der Waals surface area contributed by atoms with Crippen LogP contribution in [-0.2, 0) is 16.0 Å². The van der Waals surface area contributed by atoms with Crippen LogP contribution in [0.25, 0.3) is 10.9 Å². The first-order chi connectivity index (χ1) is 11.9. The molecule has 0 N–H and O–H groups in total. The minimum absolute atomic E-state index is 0.0353. The predicted octanol–water partition coefficient (Wildman–Crippen LogP) is 3.83. The normalized spacial score (nSPS) is 19.9. The monoisotopic (exact) mass is 475 g/mol.